The lowest BCUT2D eigenvalue weighted by Gasteiger charge is -2.33. The normalized spacial score (nSPS) is 17.5. The molecule has 0 unspecified atom stereocenters. The van der Waals surface area contributed by atoms with Gasteiger partial charge >= 0.3 is 6.18 Å². The molecular weight excluding hydrogens is 464 g/mol. The minimum Gasteiger partial charge on any atom is -0.363 e. The number of carbonyl (C=O) groups is 1. The Morgan fingerprint density at radius 1 is 1.11 bits per heavy atom. The van der Waals surface area contributed by atoms with Gasteiger partial charge in [0.1, 0.15) is 11.6 Å². The number of fused-ring (bicyclic) bond motifs is 1. The van der Waals surface area contributed by atoms with Crippen LogP contribution >= 0.6 is 0 Å². The molecule has 4 aromatic rings. The van der Waals surface area contributed by atoms with E-state index in [4.69, 9.17) is 0 Å². The number of anilines is 2. The number of amides is 1. The first-order valence-corrected chi connectivity index (χ1v) is 10.8. The van der Waals surface area contributed by atoms with Gasteiger partial charge in [0, 0.05) is 18.7 Å². The van der Waals surface area contributed by atoms with Crippen molar-refractivity contribution in [2.75, 3.05) is 10.6 Å². The Bertz CT molecular complexity index is 1330. The van der Waals surface area contributed by atoms with E-state index in [1.807, 2.05) is 0 Å². The number of rotatable bonds is 5. The van der Waals surface area contributed by atoms with Crippen LogP contribution in [0, 0.1) is 5.82 Å². The first-order valence-electron chi connectivity index (χ1n) is 10.8. The van der Waals surface area contributed by atoms with Gasteiger partial charge in [0.25, 0.3) is 5.91 Å². The van der Waals surface area contributed by atoms with E-state index >= 15 is 0 Å². The van der Waals surface area contributed by atoms with Crippen molar-refractivity contribution in [2.45, 2.75) is 31.2 Å². The average Bonchev–Trinajstić information content (AvgIpc) is 3.46. The lowest BCUT2D eigenvalue weighted by atomic mass is 9.97. The number of nitrogens with one attached hydrogen (secondary N) is 2. The molecule has 180 valence electrons. The van der Waals surface area contributed by atoms with Crippen molar-refractivity contribution >= 4 is 17.4 Å². The van der Waals surface area contributed by atoms with E-state index in [9.17, 15) is 22.4 Å². The van der Waals surface area contributed by atoms with E-state index in [0.717, 1.165) is 10.2 Å². The Morgan fingerprint density at radius 2 is 1.86 bits per heavy atom. The molecule has 5 rings (SSSR count). The second-order valence-corrected chi connectivity index (χ2v) is 8.27. The first kappa shape index (κ1) is 22.6. The van der Waals surface area contributed by atoms with E-state index in [2.05, 4.69) is 20.8 Å². The molecule has 2 aromatic carbocycles. The van der Waals surface area contributed by atoms with Crippen LogP contribution in [-0.2, 0) is 6.54 Å². The number of alkyl halides is 3. The van der Waals surface area contributed by atoms with Crippen LogP contribution in [0.15, 0.2) is 73.1 Å². The van der Waals surface area contributed by atoms with Gasteiger partial charge in [0.2, 0.25) is 0 Å². The summed E-state index contributed by atoms with van der Waals surface area (Å²) in [6.45, 7) is 0.354. The molecule has 1 aliphatic rings. The fourth-order valence-corrected chi connectivity index (χ4v) is 4.07. The molecule has 11 heteroatoms. The van der Waals surface area contributed by atoms with Crippen LogP contribution in [0.5, 0.6) is 0 Å². The summed E-state index contributed by atoms with van der Waals surface area (Å²) in [6.07, 6.45) is -1.80. The maximum absolute atomic E-state index is 13.8. The van der Waals surface area contributed by atoms with Crippen molar-refractivity contribution in [2.24, 2.45) is 0 Å². The van der Waals surface area contributed by atoms with Gasteiger partial charge in [-0.05, 0) is 23.3 Å². The zero-order valence-electron chi connectivity index (χ0n) is 18.2. The third-order valence-corrected chi connectivity index (χ3v) is 5.77. The molecule has 0 spiro atoms. The quantitative estimate of drug-likeness (QED) is 0.383. The minimum atomic E-state index is -4.54. The van der Waals surface area contributed by atoms with Crippen LogP contribution < -0.4 is 10.6 Å². The standard InChI is InChI=1S/C24H20F4N6O/c25-17-8-6-15(7-9-17)13-33-14-18(12-29-33)30-23(35)20-11-22-31-19(16-4-2-1-3-5-16)10-21(24(26,27)28)34(22)32-20/h1-9,11-12,14,19,21,31H,10,13H2,(H,30,35)/t19-,21+/m1/s1. The summed E-state index contributed by atoms with van der Waals surface area (Å²) in [5.74, 6) is -0.890. The van der Waals surface area contributed by atoms with Crippen LogP contribution in [0.2, 0.25) is 0 Å². The Hall–Kier alpha value is -4.15. The summed E-state index contributed by atoms with van der Waals surface area (Å²) in [6, 6.07) is 13.6. The predicted molar refractivity (Wildman–Crippen MR) is 120 cm³/mol. The number of nitrogens with zero attached hydrogens (tertiary/aromatic N) is 4. The zero-order chi connectivity index (χ0) is 24.6. The van der Waals surface area contributed by atoms with Crippen LogP contribution in [0.25, 0.3) is 0 Å². The Balaban J connectivity index is 1.33. The maximum Gasteiger partial charge on any atom is 0.410 e. The molecule has 2 aromatic heterocycles. The summed E-state index contributed by atoms with van der Waals surface area (Å²) in [5.41, 5.74) is 1.73. The smallest absolute Gasteiger partial charge is 0.363 e. The molecule has 3 heterocycles. The summed E-state index contributed by atoms with van der Waals surface area (Å²) in [5, 5.41) is 13.8. The first-order chi connectivity index (χ1) is 16.8. The third kappa shape index (κ3) is 4.88. The fourth-order valence-electron chi connectivity index (χ4n) is 4.07. The van der Waals surface area contributed by atoms with Gasteiger partial charge in [0.05, 0.1) is 24.5 Å². The van der Waals surface area contributed by atoms with Crippen LogP contribution in [0.3, 0.4) is 0 Å². The lowest BCUT2D eigenvalue weighted by Crippen LogP contribution is -2.35. The monoisotopic (exact) mass is 484 g/mol. The molecule has 0 saturated carbocycles. The molecule has 0 aliphatic carbocycles. The number of hydrogen-bond acceptors (Lipinski definition) is 4. The minimum absolute atomic E-state index is 0.115. The molecule has 35 heavy (non-hydrogen) atoms. The SMILES string of the molecule is O=C(Nc1cnn(Cc2ccc(F)cc2)c1)c1cc2n(n1)[C@H](C(F)(F)F)C[C@H](c1ccccc1)N2. The topological polar surface area (TPSA) is 76.8 Å². The molecule has 7 nitrogen and oxygen atoms in total. The maximum atomic E-state index is 13.8. The van der Waals surface area contributed by atoms with Crippen molar-refractivity contribution in [3.63, 3.8) is 0 Å². The van der Waals surface area contributed by atoms with Crippen molar-refractivity contribution in [1.29, 1.82) is 0 Å². The van der Waals surface area contributed by atoms with E-state index in [1.54, 1.807) is 53.3 Å². The molecule has 0 bridgehead atoms. The number of benzene rings is 2. The number of halogens is 4. The van der Waals surface area contributed by atoms with Gasteiger partial charge in [0.15, 0.2) is 11.7 Å². The summed E-state index contributed by atoms with van der Waals surface area (Å²) >= 11 is 0. The fraction of sp³-hybridized carbons (Fsp3) is 0.208. The zero-order valence-corrected chi connectivity index (χ0v) is 18.2. The second kappa shape index (κ2) is 8.90. The summed E-state index contributed by atoms with van der Waals surface area (Å²) in [7, 11) is 0. The van der Waals surface area contributed by atoms with Gasteiger partial charge in [-0.3, -0.25) is 9.48 Å². The molecule has 1 amide bonds. The highest BCUT2D eigenvalue weighted by Crippen LogP contribution is 2.43. The van der Waals surface area contributed by atoms with Crippen LogP contribution in [-0.4, -0.2) is 31.6 Å². The van der Waals surface area contributed by atoms with Crippen molar-refractivity contribution < 1.29 is 22.4 Å². The number of aromatic nitrogens is 4. The highest BCUT2D eigenvalue weighted by Gasteiger charge is 2.46. The van der Waals surface area contributed by atoms with E-state index in [-0.39, 0.29) is 23.7 Å². The molecule has 1 aliphatic heterocycles. The van der Waals surface area contributed by atoms with Crippen molar-refractivity contribution in [3.05, 3.63) is 95.7 Å². The van der Waals surface area contributed by atoms with Crippen molar-refractivity contribution in [3.8, 4) is 0 Å². The summed E-state index contributed by atoms with van der Waals surface area (Å²) in [4.78, 5) is 12.8. The van der Waals surface area contributed by atoms with Gasteiger partial charge < -0.3 is 10.6 Å². The lowest BCUT2D eigenvalue weighted by molar-refractivity contribution is -0.173. The van der Waals surface area contributed by atoms with Crippen LogP contribution in [0.4, 0.5) is 29.1 Å². The largest absolute Gasteiger partial charge is 0.410 e. The second-order valence-electron chi connectivity index (χ2n) is 8.27. The Kier molecular flexibility index (Phi) is 5.75. The van der Waals surface area contributed by atoms with Crippen LogP contribution in [0.1, 0.15) is 40.1 Å². The molecule has 2 atom stereocenters. The Morgan fingerprint density at radius 3 is 2.57 bits per heavy atom. The highest BCUT2D eigenvalue weighted by molar-refractivity contribution is 6.03. The Labute approximate surface area is 197 Å². The molecule has 0 fully saturated rings. The van der Waals surface area contributed by atoms with Gasteiger partial charge in [-0.15, -0.1) is 0 Å². The van der Waals surface area contributed by atoms with Crippen molar-refractivity contribution in [1.82, 2.24) is 19.6 Å². The average molecular weight is 484 g/mol. The van der Waals surface area contributed by atoms with E-state index < -0.39 is 24.2 Å². The molecule has 0 saturated heterocycles. The van der Waals surface area contributed by atoms with Gasteiger partial charge in [-0.2, -0.15) is 23.4 Å². The number of hydrogen-bond donors (Lipinski definition) is 2. The predicted octanol–water partition coefficient (Wildman–Crippen LogP) is 5.18. The molecule has 0 radical (unpaired) electrons. The van der Waals surface area contributed by atoms with Gasteiger partial charge in [-0.25, -0.2) is 9.07 Å². The summed E-state index contributed by atoms with van der Waals surface area (Å²) < 4.78 is 57.0. The molecular formula is C24H20F4N6O. The van der Waals surface area contributed by atoms with Gasteiger partial charge in [-0.1, -0.05) is 42.5 Å². The molecule has 2 N–H and O–H groups in total. The highest BCUT2D eigenvalue weighted by atomic mass is 19.4. The van der Waals surface area contributed by atoms with E-state index in [1.165, 1.54) is 24.4 Å². The van der Waals surface area contributed by atoms with E-state index in [0.29, 0.717) is 17.8 Å². The third-order valence-electron chi connectivity index (χ3n) is 5.77. The number of carbonyl (C=O) groups excluding carboxylic acids is 1.